The fraction of sp³-hybridized carbons (Fsp3) is 0.0870. The molecule has 0 saturated carbocycles. The number of hydrogen-bond acceptors (Lipinski definition) is 6. The highest BCUT2D eigenvalue weighted by Crippen LogP contribution is 2.24. The average molecular weight is 477 g/mol. The minimum atomic E-state index is -0.261. The number of carbonyl (C=O) groups is 1. The van der Waals surface area contributed by atoms with Gasteiger partial charge < -0.3 is 5.32 Å². The third-order valence-corrected chi connectivity index (χ3v) is 6.28. The number of anilines is 1. The topological polar surface area (TPSA) is 94.2 Å². The van der Waals surface area contributed by atoms with Gasteiger partial charge in [-0.1, -0.05) is 53.2 Å². The third kappa shape index (κ3) is 3.96. The second kappa shape index (κ2) is 8.68. The molecule has 0 bridgehead atoms. The first-order valence-corrected chi connectivity index (χ1v) is 11.4. The number of nitrogens with one attached hydrogen (secondary N) is 1. The Balaban J connectivity index is 1.56. The quantitative estimate of drug-likeness (QED) is 0.303. The van der Waals surface area contributed by atoms with E-state index in [9.17, 15) is 9.59 Å². The first-order valence-electron chi connectivity index (χ1n) is 10.0. The summed E-state index contributed by atoms with van der Waals surface area (Å²) in [6.45, 7) is 1.98. The average Bonchev–Trinajstić information content (AvgIpc) is 3.24. The molecule has 0 saturated heterocycles. The van der Waals surface area contributed by atoms with E-state index in [-0.39, 0.29) is 22.4 Å². The van der Waals surface area contributed by atoms with E-state index in [1.807, 2.05) is 49.4 Å². The molecule has 33 heavy (non-hydrogen) atoms. The molecule has 8 nitrogen and oxygen atoms in total. The number of benzene rings is 2. The zero-order valence-corrected chi connectivity index (χ0v) is 19.0. The van der Waals surface area contributed by atoms with E-state index in [1.54, 1.807) is 28.8 Å². The van der Waals surface area contributed by atoms with Gasteiger partial charge in [-0.15, -0.1) is 10.2 Å². The van der Waals surface area contributed by atoms with Crippen molar-refractivity contribution >= 4 is 51.6 Å². The maximum Gasteiger partial charge on any atom is 0.267 e. The molecule has 0 aliphatic rings. The Labute approximate surface area is 197 Å². The molecule has 164 valence electrons. The fourth-order valence-corrected chi connectivity index (χ4v) is 4.40. The molecule has 0 aliphatic heterocycles. The van der Waals surface area contributed by atoms with Crippen molar-refractivity contribution in [3.63, 3.8) is 0 Å². The molecule has 0 unspecified atom stereocenters. The van der Waals surface area contributed by atoms with Gasteiger partial charge in [-0.2, -0.15) is 0 Å². The van der Waals surface area contributed by atoms with Gasteiger partial charge in [-0.3, -0.25) is 14.0 Å². The van der Waals surface area contributed by atoms with Gasteiger partial charge in [-0.25, -0.2) is 9.55 Å². The Morgan fingerprint density at radius 1 is 1.06 bits per heavy atom. The molecule has 5 rings (SSSR count). The second-order valence-corrected chi connectivity index (χ2v) is 8.59. The van der Waals surface area contributed by atoms with Crippen LogP contribution in [0.4, 0.5) is 5.69 Å². The van der Waals surface area contributed by atoms with Crippen LogP contribution in [0, 0.1) is 6.92 Å². The summed E-state index contributed by atoms with van der Waals surface area (Å²) in [5.74, 6) is 0.188. The van der Waals surface area contributed by atoms with Gasteiger partial charge in [0.05, 0.1) is 28.0 Å². The summed E-state index contributed by atoms with van der Waals surface area (Å²) >= 11 is 7.24. The van der Waals surface area contributed by atoms with Crippen LogP contribution >= 0.6 is 23.4 Å². The summed E-state index contributed by atoms with van der Waals surface area (Å²) in [6.07, 6.45) is 1.55. The minimum absolute atomic E-state index is 0.0734. The minimum Gasteiger partial charge on any atom is -0.323 e. The Hall–Kier alpha value is -3.69. The van der Waals surface area contributed by atoms with Crippen LogP contribution in [0.3, 0.4) is 0 Å². The number of aryl methyl sites for hydroxylation is 1. The summed E-state index contributed by atoms with van der Waals surface area (Å²) in [7, 11) is 0. The fourth-order valence-electron chi connectivity index (χ4n) is 3.49. The van der Waals surface area contributed by atoms with Crippen LogP contribution in [-0.4, -0.2) is 35.8 Å². The van der Waals surface area contributed by atoms with Crippen molar-refractivity contribution in [2.45, 2.75) is 12.1 Å². The number of para-hydroxylation sites is 1. The lowest BCUT2D eigenvalue weighted by atomic mass is 10.2. The number of rotatable bonds is 5. The molecule has 3 aromatic heterocycles. The summed E-state index contributed by atoms with van der Waals surface area (Å²) in [4.78, 5) is 29.8. The van der Waals surface area contributed by atoms with Crippen molar-refractivity contribution in [2.75, 3.05) is 11.1 Å². The number of fused-ring (bicyclic) bond motifs is 3. The molecule has 0 aliphatic carbocycles. The number of carbonyl (C=O) groups excluding carboxylic acids is 1. The van der Waals surface area contributed by atoms with Crippen molar-refractivity contribution in [1.29, 1.82) is 0 Å². The maximum absolute atomic E-state index is 13.3. The second-order valence-electron chi connectivity index (χ2n) is 7.29. The van der Waals surface area contributed by atoms with Gasteiger partial charge in [0.25, 0.3) is 5.56 Å². The van der Waals surface area contributed by atoms with E-state index >= 15 is 0 Å². The van der Waals surface area contributed by atoms with E-state index in [4.69, 9.17) is 11.6 Å². The first-order chi connectivity index (χ1) is 16.0. The predicted octanol–water partition coefficient (Wildman–Crippen LogP) is 4.12. The molecule has 10 heteroatoms. The van der Waals surface area contributed by atoms with Crippen molar-refractivity contribution < 1.29 is 4.79 Å². The predicted molar refractivity (Wildman–Crippen MR) is 129 cm³/mol. The Morgan fingerprint density at radius 2 is 1.85 bits per heavy atom. The van der Waals surface area contributed by atoms with Crippen LogP contribution < -0.4 is 10.9 Å². The van der Waals surface area contributed by atoms with Crippen molar-refractivity contribution in [3.05, 3.63) is 87.9 Å². The molecule has 5 aromatic rings. The standard InChI is InChI=1S/C23H17ClN6O2S/c1-14-8-10-15(11-9-14)29-21(32)16-5-2-3-7-18(16)30-22(29)27-28-23(30)33-13-19(31)26-17-6-4-12-25-20(17)24/h2-12H,13H2,1H3,(H,26,31). The smallest absolute Gasteiger partial charge is 0.267 e. The number of hydrogen-bond donors (Lipinski definition) is 1. The van der Waals surface area contributed by atoms with Gasteiger partial charge in [0.2, 0.25) is 11.7 Å². The molecule has 0 fully saturated rings. The van der Waals surface area contributed by atoms with Crippen molar-refractivity contribution in [3.8, 4) is 5.69 Å². The summed E-state index contributed by atoms with van der Waals surface area (Å²) < 4.78 is 3.33. The van der Waals surface area contributed by atoms with Crippen LogP contribution in [0.5, 0.6) is 0 Å². The SMILES string of the molecule is Cc1ccc(-n2c(=O)c3ccccc3n3c(SCC(=O)Nc4cccnc4Cl)nnc23)cc1. The first kappa shape index (κ1) is 21.2. The van der Waals surface area contributed by atoms with Gasteiger partial charge in [-0.05, 0) is 43.3 Å². The lowest BCUT2D eigenvalue weighted by Gasteiger charge is -2.11. The normalized spacial score (nSPS) is 11.2. The van der Waals surface area contributed by atoms with Gasteiger partial charge in [0.1, 0.15) is 0 Å². The number of aromatic nitrogens is 5. The molecular weight excluding hydrogens is 460 g/mol. The summed E-state index contributed by atoms with van der Waals surface area (Å²) in [6, 6.07) is 18.3. The number of nitrogens with zero attached hydrogens (tertiary/aromatic N) is 5. The zero-order valence-electron chi connectivity index (χ0n) is 17.4. The van der Waals surface area contributed by atoms with E-state index in [1.165, 1.54) is 16.3 Å². The lowest BCUT2D eigenvalue weighted by molar-refractivity contribution is -0.113. The molecular formula is C23H17ClN6O2S. The van der Waals surface area contributed by atoms with Crippen molar-refractivity contribution in [1.82, 2.24) is 24.1 Å². The monoisotopic (exact) mass is 476 g/mol. The van der Waals surface area contributed by atoms with Crippen LogP contribution in [0.15, 0.2) is 76.8 Å². The van der Waals surface area contributed by atoms with E-state index in [0.29, 0.717) is 33.2 Å². The highest BCUT2D eigenvalue weighted by Gasteiger charge is 2.18. The summed E-state index contributed by atoms with van der Waals surface area (Å²) in [5, 5.41) is 12.6. The van der Waals surface area contributed by atoms with Crippen LogP contribution in [0.2, 0.25) is 5.15 Å². The maximum atomic E-state index is 13.3. The van der Waals surface area contributed by atoms with E-state index in [0.717, 1.165) is 5.56 Å². The van der Waals surface area contributed by atoms with Crippen LogP contribution in [-0.2, 0) is 4.79 Å². The van der Waals surface area contributed by atoms with E-state index in [2.05, 4.69) is 20.5 Å². The lowest BCUT2D eigenvalue weighted by Crippen LogP contribution is -2.22. The van der Waals surface area contributed by atoms with Gasteiger partial charge in [0, 0.05) is 6.20 Å². The Bertz CT molecular complexity index is 1560. The van der Waals surface area contributed by atoms with Crippen LogP contribution in [0.1, 0.15) is 5.56 Å². The molecule has 0 atom stereocenters. The van der Waals surface area contributed by atoms with Crippen LogP contribution in [0.25, 0.3) is 22.4 Å². The molecule has 0 radical (unpaired) electrons. The molecule has 1 N–H and O–H groups in total. The molecule has 2 aromatic carbocycles. The number of thioether (sulfide) groups is 1. The molecule has 0 spiro atoms. The Morgan fingerprint density at radius 3 is 2.64 bits per heavy atom. The number of halogens is 1. The zero-order chi connectivity index (χ0) is 22.9. The summed E-state index contributed by atoms with van der Waals surface area (Å²) in [5.41, 5.74) is 2.70. The molecule has 3 heterocycles. The largest absolute Gasteiger partial charge is 0.323 e. The van der Waals surface area contributed by atoms with Crippen molar-refractivity contribution in [2.24, 2.45) is 0 Å². The van der Waals surface area contributed by atoms with Gasteiger partial charge >= 0.3 is 0 Å². The highest BCUT2D eigenvalue weighted by molar-refractivity contribution is 7.99. The van der Waals surface area contributed by atoms with E-state index < -0.39 is 0 Å². The van der Waals surface area contributed by atoms with Gasteiger partial charge in [0.15, 0.2) is 10.3 Å². The molecule has 1 amide bonds. The Kier molecular flexibility index (Phi) is 5.57. The highest BCUT2D eigenvalue weighted by atomic mass is 35.5. The third-order valence-electron chi connectivity index (χ3n) is 5.05. The number of pyridine rings is 1. The number of amides is 1.